The number of carbonyl (C=O) groups is 2. The standard InChI is InChI=1S/C29H35F2N5O4/c1-14-10-19(7-8-21(14)36-28(38)16(3)37)35-29(39)23-15(2)34-26-24(32-13-33-25(23)26)20-11-18(27(30)31)6-9-22(20)40-12-17-4-5-17/h6,9,11,13-14,16-17,19,21,27,34,37H,4-5,7-8,10,12H2,1-3H3,(H,35,39)(H,36,38)/t14-,16+,19-,21-/m1/s1. The number of ether oxygens (including phenoxy) is 1. The van der Waals surface area contributed by atoms with Crippen molar-refractivity contribution in [2.24, 2.45) is 11.8 Å². The van der Waals surface area contributed by atoms with Gasteiger partial charge in [0.2, 0.25) is 5.91 Å². The minimum Gasteiger partial charge on any atom is -0.493 e. The Balaban J connectivity index is 1.39. The van der Waals surface area contributed by atoms with Crippen molar-refractivity contribution in [1.29, 1.82) is 0 Å². The summed E-state index contributed by atoms with van der Waals surface area (Å²) in [5.41, 5.74) is 2.52. The van der Waals surface area contributed by atoms with Gasteiger partial charge in [-0.3, -0.25) is 9.59 Å². The number of aliphatic hydroxyl groups excluding tert-OH is 1. The third-order valence-electron chi connectivity index (χ3n) is 7.89. The second-order valence-electron chi connectivity index (χ2n) is 11.1. The van der Waals surface area contributed by atoms with Crippen molar-refractivity contribution in [2.45, 2.75) is 77.5 Å². The summed E-state index contributed by atoms with van der Waals surface area (Å²) >= 11 is 0. The number of halogens is 2. The maximum absolute atomic E-state index is 13.6. The number of aromatic amines is 1. The molecule has 3 aromatic rings. The average Bonchev–Trinajstić information content (AvgIpc) is 3.68. The first-order valence-corrected chi connectivity index (χ1v) is 13.8. The molecular formula is C29H35F2N5O4. The first-order chi connectivity index (χ1) is 19.1. The molecule has 0 aliphatic heterocycles. The van der Waals surface area contributed by atoms with E-state index in [-0.39, 0.29) is 29.5 Å². The Bertz CT molecular complexity index is 1400. The van der Waals surface area contributed by atoms with Gasteiger partial charge in [-0.05, 0) is 76.0 Å². The molecule has 0 bridgehead atoms. The summed E-state index contributed by atoms with van der Waals surface area (Å²) in [6, 6.07) is 4.14. The van der Waals surface area contributed by atoms with E-state index in [0.717, 1.165) is 12.8 Å². The number of hydrogen-bond acceptors (Lipinski definition) is 6. The average molecular weight is 556 g/mol. The number of amides is 2. The normalized spacial score (nSPS) is 21.8. The van der Waals surface area contributed by atoms with Crippen LogP contribution in [-0.2, 0) is 4.79 Å². The summed E-state index contributed by atoms with van der Waals surface area (Å²) in [7, 11) is 0. The minimum atomic E-state index is -2.65. The van der Waals surface area contributed by atoms with Crippen molar-refractivity contribution in [2.75, 3.05) is 6.61 Å². The fourth-order valence-corrected chi connectivity index (χ4v) is 5.39. The molecule has 9 nitrogen and oxygen atoms in total. The summed E-state index contributed by atoms with van der Waals surface area (Å²) in [6.07, 6.45) is 1.80. The Morgan fingerprint density at radius 1 is 1.18 bits per heavy atom. The van der Waals surface area contributed by atoms with Crippen LogP contribution >= 0.6 is 0 Å². The Morgan fingerprint density at radius 3 is 2.62 bits per heavy atom. The van der Waals surface area contributed by atoms with E-state index in [0.29, 0.717) is 71.1 Å². The lowest BCUT2D eigenvalue weighted by Gasteiger charge is -2.35. The fraction of sp³-hybridized carbons (Fsp3) is 0.517. The van der Waals surface area contributed by atoms with E-state index >= 15 is 0 Å². The van der Waals surface area contributed by atoms with Gasteiger partial charge >= 0.3 is 0 Å². The Morgan fingerprint density at radius 2 is 1.95 bits per heavy atom. The molecular weight excluding hydrogens is 520 g/mol. The van der Waals surface area contributed by atoms with Crippen molar-refractivity contribution in [1.82, 2.24) is 25.6 Å². The summed E-state index contributed by atoms with van der Waals surface area (Å²) < 4.78 is 33.2. The van der Waals surface area contributed by atoms with E-state index in [9.17, 15) is 23.5 Å². The van der Waals surface area contributed by atoms with E-state index in [1.54, 1.807) is 13.0 Å². The summed E-state index contributed by atoms with van der Waals surface area (Å²) in [5.74, 6) is 0.357. The highest BCUT2D eigenvalue weighted by atomic mass is 19.3. The molecule has 2 fully saturated rings. The van der Waals surface area contributed by atoms with E-state index in [2.05, 4.69) is 25.6 Å². The van der Waals surface area contributed by atoms with Gasteiger partial charge in [-0.15, -0.1) is 0 Å². The van der Waals surface area contributed by atoms with Crippen LogP contribution in [-0.4, -0.2) is 56.7 Å². The third kappa shape index (κ3) is 5.94. The minimum absolute atomic E-state index is 0.0688. The maximum Gasteiger partial charge on any atom is 0.263 e. The van der Waals surface area contributed by atoms with Gasteiger partial charge in [0.1, 0.15) is 29.4 Å². The van der Waals surface area contributed by atoms with E-state index < -0.39 is 18.4 Å². The topological polar surface area (TPSA) is 129 Å². The molecule has 4 N–H and O–H groups in total. The number of carbonyl (C=O) groups excluding carboxylic acids is 2. The zero-order chi connectivity index (χ0) is 28.6. The van der Waals surface area contributed by atoms with Crippen molar-refractivity contribution < 1.29 is 28.2 Å². The number of benzene rings is 1. The molecule has 0 saturated heterocycles. The molecule has 2 heterocycles. The fourth-order valence-electron chi connectivity index (χ4n) is 5.39. The number of hydrogen-bond donors (Lipinski definition) is 4. The molecule has 40 heavy (non-hydrogen) atoms. The molecule has 4 atom stereocenters. The lowest BCUT2D eigenvalue weighted by atomic mass is 9.82. The van der Waals surface area contributed by atoms with Gasteiger partial charge in [0.25, 0.3) is 12.3 Å². The van der Waals surface area contributed by atoms with Crippen LogP contribution in [0.4, 0.5) is 8.78 Å². The molecule has 2 aromatic heterocycles. The lowest BCUT2D eigenvalue weighted by Crippen LogP contribution is -2.49. The summed E-state index contributed by atoms with van der Waals surface area (Å²) in [5, 5.41) is 15.5. The van der Waals surface area contributed by atoms with E-state index in [1.807, 2.05) is 6.92 Å². The number of aryl methyl sites for hydroxylation is 1. The largest absolute Gasteiger partial charge is 0.493 e. The SMILES string of the molecule is Cc1[nH]c2c(-c3cc(C(F)F)ccc3OCC3CC3)ncnc2c1C(=O)N[C@@H]1CC[C@@H](NC(=O)[C@H](C)O)[C@H](C)C1. The van der Waals surface area contributed by atoms with Crippen molar-refractivity contribution in [3.8, 4) is 17.0 Å². The highest BCUT2D eigenvalue weighted by Gasteiger charge is 2.32. The smallest absolute Gasteiger partial charge is 0.263 e. The molecule has 0 spiro atoms. The van der Waals surface area contributed by atoms with Crippen LogP contribution in [0.1, 0.15) is 74.0 Å². The molecule has 2 saturated carbocycles. The number of nitrogens with one attached hydrogen (secondary N) is 3. The number of nitrogens with zero attached hydrogens (tertiary/aromatic N) is 2. The number of H-pyrrole nitrogens is 1. The van der Waals surface area contributed by atoms with E-state index in [1.165, 1.54) is 25.4 Å². The second-order valence-corrected chi connectivity index (χ2v) is 11.1. The first kappa shape index (κ1) is 27.9. The van der Waals surface area contributed by atoms with Gasteiger partial charge in [0.05, 0.1) is 17.7 Å². The first-order valence-electron chi connectivity index (χ1n) is 13.8. The molecule has 0 radical (unpaired) electrons. The van der Waals surface area contributed by atoms with Crippen molar-refractivity contribution in [3.05, 3.63) is 41.3 Å². The third-order valence-corrected chi connectivity index (χ3v) is 7.89. The molecule has 11 heteroatoms. The van der Waals surface area contributed by atoms with E-state index in [4.69, 9.17) is 4.74 Å². The zero-order valence-electron chi connectivity index (χ0n) is 22.8. The Labute approximate surface area is 231 Å². The number of aliphatic hydroxyl groups is 1. The Kier molecular flexibility index (Phi) is 8.02. The van der Waals surface area contributed by atoms with Gasteiger partial charge < -0.3 is 25.5 Å². The summed E-state index contributed by atoms with van der Waals surface area (Å²) in [6.45, 7) is 5.72. The van der Waals surface area contributed by atoms with Crippen LogP contribution in [0.3, 0.4) is 0 Å². The predicted molar refractivity (Wildman–Crippen MR) is 145 cm³/mol. The van der Waals surface area contributed by atoms with Crippen LogP contribution in [0.2, 0.25) is 0 Å². The van der Waals surface area contributed by atoms with Crippen LogP contribution in [0.5, 0.6) is 5.75 Å². The summed E-state index contributed by atoms with van der Waals surface area (Å²) in [4.78, 5) is 37.4. The van der Waals surface area contributed by atoms with Crippen LogP contribution in [0, 0.1) is 18.8 Å². The monoisotopic (exact) mass is 555 g/mol. The molecule has 214 valence electrons. The molecule has 5 rings (SSSR count). The van der Waals surface area contributed by atoms with Crippen LogP contribution in [0.25, 0.3) is 22.3 Å². The molecule has 2 aliphatic rings. The van der Waals surface area contributed by atoms with Crippen molar-refractivity contribution >= 4 is 22.8 Å². The number of alkyl halides is 2. The van der Waals surface area contributed by atoms with Gasteiger partial charge in [0, 0.05) is 28.9 Å². The van der Waals surface area contributed by atoms with Gasteiger partial charge in [-0.2, -0.15) is 0 Å². The van der Waals surface area contributed by atoms with Gasteiger partial charge in [-0.25, -0.2) is 18.7 Å². The highest BCUT2D eigenvalue weighted by molar-refractivity contribution is 6.09. The molecule has 2 aliphatic carbocycles. The zero-order valence-corrected chi connectivity index (χ0v) is 22.8. The maximum atomic E-state index is 13.6. The van der Waals surface area contributed by atoms with Crippen LogP contribution < -0.4 is 15.4 Å². The van der Waals surface area contributed by atoms with Gasteiger partial charge in [-0.1, -0.05) is 6.92 Å². The molecule has 1 aromatic carbocycles. The highest BCUT2D eigenvalue weighted by Crippen LogP contribution is 2.38. The molecule has 2 amide bonds. The van der Waals surface area contributed by atoms with Gasteiger partial charge in [0.15, 0.2) is 0 Å². The number of rotatable bonds is 9. The number of fused-ring (bicyclic) bond motifs is 1. The lowest BCUT2D eigenvalue weighted by molar-refractivity contribution is -0.129. The van der Waals surface area contributed by atoms with Crippen LogP contribution in [0.15, 0.2) is 24.5 Å². The van der Waals surface area contributed by atoms with Crippen molar-refractivity contribution in [3.63, 3.8) is 0 Å². The molecule has 0 unspecified atom stereocenters. The Hall–Kier alpha value is -3.60. The number of aromatic nitrogens is 3. The second kappa shape index (κ2) is 11.5. The quantitative estimate of drug-likeness (QED) is 0.309. The predicted octanol–water partition coefficient (Wildman–Crippen LogP) is 4.44.